The highest BCUT2D eigenvalue weighted by atomic mass is 16.3. The number of nitrogens with zero attached hydrogens (tertiary/aromatic N) is 1. The van der Waals surface area contributed by atoms with Crippen molar-refractivity contribution in [3.8, 4) is 0 Å². The van der Waals surface area contributed by atoms with Gasteiger partial charge in [-0.15, -0.1) is 0 Å². The molecular weight excluding hydrogens is 246 g/mol. The Kier molecular flexibility index (Phi) is 4.02. The quantitative estimate of drug-likeness (QED) is 0.876. The second-order valence-electron chi connectivity index (χ2n) is 6.80. The highest BCUT2D eigenvalue weighted by molar-refractivity contribution is 5.54. The van der Waals surface area contributed by atoms with Gasteiger partial charge in [0.2, 0.25) is 0 Å². The Hall–Kier alpha value is -1.02. The number of para-hydroxylation sites is 1. The third-order valence-corrected chi connectivity index (χ3v) is 5.49. The third-order valence-electron chi connectivity index (χ3n) is 5.49. The predicted molar refractivity (Wildman–Crippen MR) is 83.9 cm³/mol. The van der Waals surface area contributed by atoms with Gasteiger partial charge < -0.3 is 10.0 Å². The zero-order valence-corrected chi connectivity index (χ0v) is 12.8. The summed E-state index contributed by atoms with van der Waals surface area (Å²) in [5.74, 6) is 2.84. The molecule has 110 valence electrons. The number of aliphatic hydroxyl groups is 1. The Morgan fingerprint density at radius 1 is 1.25 bits per heavy atom. The minimum absolute atomic E-state index is 0.339. The van der Waals surface area contributed by atoms with Crippen LogP contribution in [-0.2, 0) is 0 Å². The number of hydrogen-bond acceptors (Lipinski definition) is 2. The average molecular weight is 273 g/mol. The van der Waals surface area contributed by atoms with Crippen LogP contribution in [0.2, 0.25) is 0 Å². The van der Waals surface area contributed by atoms with Crippen molar-refractivity contribution in [2.45, 2.75) is 45.1 Å². The van der Waals surface area contributed by atoms with Gasteiger partial charge >= 0.3 is 0 Å². The molecule has 0 aliphatic heterocycles. The molecule has 0 radical (unpaired) electrons. The molecule has 2 saturated carbocycles. The summed E-state index contributed by atoms with van der Waals surface area (Å²) in [6.07, 6.45) is 6.25. The van der Waals surface area contributed by atoms with Gasteiger partial charge in [-0.05, 0) is 49.5 Å². The van der Waals surface area contributed by atoms with Gasteiger partial charge in [0, 0.05) is 24.8 Å². The first-order valence-electron chi connectivity index (χ1n) is 8.17. The van der Waals surface area contributed by atoms with Crippen LogP contribution in [0.5, 0.6) is 0 Å². The van der Waals surface area contributed by atoms with Crippen LogP contribution < -0.4 is 4.90 Å². The molecule has 2 nitrogen and oxygen atoms in total. The fraction of sp³-hybridized carbons (Fsp3) is 0.667. The third kappa shape index (κ3) is 2.58. The van der Waals surface area contributed by atoms with Crippen LogP contribution in [0.25, 0.3) is 0 Å². The van der Waals surface area contributed by atoms with Crippen molar-refractivity contribution < 1.29 is 5.11 Å². The second-order valence-corrected chi connectivity index (χ2v) is 6.80. The monoisotopic (exact) mass is 273 g/mol. The standard InChI is InChI=1S/C18H27NO/c1-3-18(20)16-6-4-5-7-17(16)19(2)12-15-11-13-8-9-14(15)10-13/h4-7,13-15,18,20H,3,8-12H2,1-2H3. The molecule has 1 aromatic carbocycles. The van der Waals surface area contributed by atoms with Crippen molar-refractivity contribution in [2.75, 3.05) is 18.5 Å². The molecule has 1 aromatic rings. The molecular formula is C18H27NO. The first kappa shape index (κ1) is 13.9. The van der Waals surface area contributed by atoms with Crippen molar-refractivity contribution >= 4 is 5.69 Å². The topological polar surface area (TPSA) is 23.5 Å². The minimum atomic E-state index is -0.339. The predicted octanol–water partition coefficient (Wildman–Crippen LogP) is 4.00. The minimum Gasteiger partial charge on any atom is -0.388 e. The molecule has 2 heteroatoms. The van der Waals surface area contributed by atoms with Crippen LogP contribution in [0.15, 0.2) is 24.3 Å². The summed E-state index contributed by atoms with van der Waals surface area (Å²) in [5, 5.41) is 10.2. The summed E-state index contributed by atoms with van der Waals surface area (Å²) in [6.45, 7) is 3.19. The molecule has 2 aliphatic rings. The van der Waals surface area contributed by atoms with E-state index in [4.69, 9.17) is 0 Å². The lowest BCUT2D eigenvalue weighted by Crippen LogP contribution is -2.29. The van der Waals surface area contributed by atoms with Crippen LogP contribution in [-0.4, -0.2) is 18.7 Å². The normalized spacial score (nSPS) is 29.6. The first-order chi connectivity index (χ1) is 9.69. The van der Waals surface area contributed by atoms with Crippen molar-refractivity contribution in [1.82, 2.24) is 0 Å². The SMILES string of the molecule is CCC(O)c1ccccc1N(C)CC1CC2CCC1C2. The summed E-state index contributed by atoms with van der Waals surface area (Å²) in [4.78, 5) is 2.37. The van der Waals surface area contributed by atoms with Gasteiger partial charge in [-0.3, -0.25) is 0 Å². The molecule has 1 N–H and O–H groups in total. The summed E-state index contributed by atoms with van der Waals surface area (Å²) >= 11 is 0. The summed E-state index contributed by atoms with van der Waals surface area (Å²) < 4.78 is 0. The number of fused-ring (bicyclic) bond motifs is 2. The number of anilines is 1. The van der Waals surface area contributed by atoms with Gasteiger partial charge in [0.15, 0.2) is 0 Å². The van der Waals surface area contributed by atoms with Crippen LogP contribution >= 0.6 is 0 Å². The highest BCUT2D eigenvalue weighted by Gasteiger charge is 2.39. The van der Waals surface area contributed by atoms with Crippen molar-refractivity contribution in [3.63, 3.8) is 0 Å². The maximum atomic E-state index is 10.2. The molecule has 0 spiro atoms. The van der Waals surface area contributed by atoms with E-state index in [-0.39, 0.29) is 6.10 Å². The van der Waals surface area contributed by atoms with E-state index in [9.17, 15) is 5.11 Å². The average Bonchev–Trinajstić information content (AvgIpc) is 3.09. The fourth-order valence-electron chi connectivity index (χ4n) is 4.39. The second kappa shape index (κ2) is 5.77. The Bertz CT molecular complexity index is 458. The van der Waals surface area contributed by atoms with Gasteiger partial charge in [0.05, 0.1) is 6.10 Å². The lowest BCUT2D eigenvalue weighted by Gasteiger charge is -2.30. The van der Waals surface area contributed by atoms with Crippen molar-refractivity contribution in [1.29, 1.82) is 0 Å². The largest absolute Gasteiger partial charge is 0.388 e. The van der Waals surface area contributed by atoms with Gasteiger partial charge in [-0.2, -0.15) is 0 Å². The fourth-order valence-corrected chi connectivity index (χ4v) is 4.39. The Morgan fingerprint density at radius 2 is 2.05 bits per heavy atom. The molecule has 0 saturated heterocycles. The Morgan fingerprint density at radius 3 is 2.70 bits per heavy atom. The smallest absolute Gasteiger partial charge is 0.0807 e. The summed E-state index contributed by atoms with van der Waals surface area (Å²) in [7, 11) is 2.19. The Balaban J connectivity index is 1.72. The van der Waals surface area contributed by atoms with E-state index in [0.29, 0.717) is 0 Å². The highest BCUT2D eigenvalue weighted by Crippen LogP contribution is 2.48. The number of benzene rings is 1. The van der Waals surface area contributed by atoms with Gasteiger partial charge in [-0.25, -0.2) is 0 Å². The van der Waals surface area contributed by atoms with Crippen LogP contribution in [0.1, 0.15) is 50.7 Å². The van der Waals surface area contributed by atoms with Gasteiger partial charge in [0.1, 0.15) is 0 Å². The molecule has 4 unspecified atom stereocenters. The van der Waals surface area contributed by atoms with E-state index < -0.39 is 0 Å². The molecule has 2 fully saturated rings. The van der Waals surface area contributed by atoms with Gasteiger partial charge in [0.25, 0.3) is 0 Å². The van der Waals surface area contributed by atoms with Crippen LogP contribution in [0, 0.1) is 17.8 Å². The van der Waals surface area contributed by atoms with E-state index in [1.54, 1.807) is 0 Å². The van der Waals surface area contributed by atoms with Crippen molar-refractivity contribution in [3.05, 3.63) is 29.8 Å². The summed E-state index contributed by atoms with van der Waals surface area (Å²) in [5.41, 5.74) is 2.30. The molecule has 0 amide bonds. The van der Waals surface area contributed by atoms with E-state index in [0.717, 1.165) is 36.3 Å². The van der Waals surface area contributed by atoms with Gasteiger partial charge in [-0.1, -0.05) is 31.5 Å². The molecule has 3 rings (SSSR count). The summed E-state index contributed by atoms with van der Waals surface area (Å²) in [6, 6.07) is 8.34. The molecule has 2 aliphatic carbocycles. The van der Waals surface area contributed by atoms with Crippen LogP contribution in [0.3, 0.4) is 0 Å². The Labute approximate surface area is 122 Å². The zero-order valence-electron chi connectivity index (χ0n) is 12.8. The maximum Gasteiger partial charge on any atom is 0.0807 e. The maximum absolute atomic E-state index is 10.2. The molecule has 4 atom stereocenters. The van der Waals surface area contributed by atoms with E-state index >= 15 is 0 Å². The number of aliphatic hydroxyl groups excluding tert-OH is 1. The molecule has 0 heterocycles. The van der Waals surface area contributed by atoms with Crippen molar-refractivity contribution in [2.24, 2.45) is 17.8 Å². The van der Waals surface area contributed by atoms with E-state index in [1.165, 1.54) is 31.4 Å². The lowest BCUT2D eigenvalue weighted by atomic mass is 9.88. The lowest BCUT2D eigenvalue weighted by molar-refractivity contribution is 0.174. The molecule has 20 heavy (non-hydrogen) atoms. The number of rotatable bonds is 5. The molecule has 0 aromatic heterocycles. The van der Waals surface area contributed by atoms with E-state index in [1.807, 2.05) is 13.0 Å². The zero-order chi connectivity index (χ0) is 14.1. The first-order valence-corrected chi connectivity index (χ1v) is 8.17. The van der Waals surface area contributed by atoms with E-state index in [2.05, 4.69) is 30.1 Å². The number of hydrogen-bond donors (Lipinski definition) is 1. The molecule has 2 bridgehead atoms. The van der Waals surface area contributed by atoms with Crippen LogP contribution in [0.4, 0.5) is 5.69 Å².